The summed E-state index contributed by atoms with van der Waals surface area (Å²) < 4.78 is 0. The Balaban J connectivity index is 2.16. The van der Waals surface area contributed by atoms with Gasteiger partial charge in [-0.3, -0.25) is 4.98 Å². The van der Waals surface area contributed by atoms with Crippen LogP contribution in [0.15, 0.2) is 29.4 Å². The van der Waals surface area contributed by atoms with Gasteiger partial charge in [0, 0.05) is 27.5 Å². The van der Waals surface area contributed by atoms with Crippen LogP contribution in [0.4, 0.5) is 0 Å². The first-order valence-electron chi connectivity index (χ1n) is 7.67. The minimum absolute atomic E-state index is 0.143. The zero-order valence-corrected chi connectivity index (χ0v) is 13.2. The smallest absolute Gasteiger partial charge is 0.0717 e. The first kappa shape index (κ1) is 13.3. The lowest BCUT2D eigenvalue weighted by Gasteiger charge is -2.31. The zero-order valence-electron chi connectivity index (χ0n) is 13.2. The number of hydrogen-bond acceptors (Lipinski definition) is 3. The van der Waals surface area contributed by atoms with Crippen LogP contribution in [0.2, 0.25) is 0 Å². The number of para-hydroxylation sites is 1. The number of aromatic amines is 1. The molecule has 0 fully saturated rings. The Bertz CT molecular complexity index is 931. The summed E-state index contributed by atoms with van der Waals surface area (Å²) in [6, 6.07) is 8.36. The van der Waals surface area contributed by atoms with Gasteiger partial charge in [0.25, 0.3) is 0 Å². The zero-order chi connectivity index (χ0) is 15.5. The molecule has 4 rings (SSSR count). The van der Waals surface area contributed by atoms with Crippen LogP contribution in [-0.2, 0) is 6.42 Å². The second-order valence-corrected chi connectivity index (χ2v) is 7.03. The molecule has 2 heterocycles. The highest BCUT2D eigenvalue weighted by Gasteiger charge is 2.33. The number of nitrogens with one attached hydrogen (secondary N) is 1. The first-order chi connectivity index (χ1) is 10.5. The van der Waals surface area contributed by atoms with Gasteiger partial charge in [-0.15, -0.1) is 0 Å². The molecule has 3 aromatic rings. The third kappa shape index (κ3) is 1.76. The van der Waals surface area contributed by atoms with Crippen molar-refractivity contribution in [3.05, 3.63) is 41.2 Å². The standard InChI is InChI=1S/C18H20N4/c1-10-15-11-6-4-5-7-12(11)21-17(15)16-13(20-10)8-18(2,3)9-14(16)22-19/h4-7,21H,8-9,19H2,1-3H3. The fraction of sp³-hybridized carbons (Fsp3) is 0.333. The molecule has 0 spiro atoms. The van der Waals surface area contributed by atoms with Crippen molar-refractivity contribution in [3.63, 3.8) is 0 Å². The van der Waals surface area contributed by atoms with E-state index in [1.54, 1.807) is 0 Å². The summed E-state index contributed by atoms with van der Waals surface area (Å²) in [5, 5.41) is 6.50. The molecule has 4 heteroatoms. The summed E-state index contributed by atoms with van der Waals surface area (Å²) in [4.78, 5) is 8.46. The van der Waals surface area contributed by atoms with Gasteiger partial charge in [-0.05, 0) is 31.2 Å². The predicted molar refractivity (Wildman–Crippen MR) is 91.2 cm³/mol. The molecular weight excluding hydrogens is 272 g/mol. The number of hydrogen-bond donors (Lipinski definition) is 2. The van der Waals surface area contributed by atoms with Crippen molar-refractivity contribution in [2.45, 2.75) is 33.6 Å². The van der Waals surface area contributed by atoms with Crippen LogP contribution in [0.25, 0.3) is 21.8 Å². The summed E-state index contributed by atoms with van der Waals surface area (Å²) in [5.41, 5.74) is 6.65. The molecule has 0 unspecified atom stereocenters. The van der Waals surface area contributed by atoms with Crippen LogP contribution in [0, 0.1) is 12.3 Å². The topological polar surface area (TPSA) is 67.1 Å². The molecule has 0 aliphatic heterocycles. The van der Waals surface area contributed by atoms with Crippen molar-refractivity contribution >= 4 is 27.5 Å². The van der Waals surface area contributed by atoms with E-state index < -0.39 is 0 Å². The van der Waals surface area contributed by atoms with E-state index >= 15 is 0 Å². The van der Waals surface area contributed by atoms with Crippen LogP contribution >= 0.6 is 0 Å². The predicted octanol–water partition coefficient (Wildman–Crippen LogP) is 3.66. The minimum atomic E-state index is 0.143. The van der Waals surface area contributed by atoms with Gasteiger partial charge in [-0.2, -0.15) is 5.10 Å². The van der Waals surface area contributed by atoms with E-state index in [0.29, 0.717) is 0 Å². The maximum Gasteiger partial charge on any atom is 0.0717 e. The van der Waals surface area contributed by atoms with E-state index in [1.807, 2.05) is 6.07 Å². The number of rotatable bonds is 0. The fourth-order valence-electron chi connectivity index (χ4n) is 3.77. The van der Waals surface area contributed by atoms with Crippen molar-refractivity contribution < 1.29 is 0 Å². The van der Waals surface area contributed by atoms with Crippen molar-refractivity contribution in [3.8, 4) is 0 Å². The fourth-order valence-corrected chi connectivity index (χ4v) is 3.77. The summed E-state index contributed by atoms with van der Waals surface area (Å²) in [5.74, 6) is 5.71. The Morgan fingerprint density at radius 1 is 1.23 bits per heavy atom. The van der Waals surface area contributed by atoms with Crippen molar-refractivity contribution in [2.24, 2.45) is 16.4 Å². The average molecular weight is 292 g/mol. The van der Waals surface area contributed by atoms with Gasteiger partial charge in [-0.1, -0.05) is 32.0 Å². The van der Waals surface area contributed by atoms with Gasteiger partial charge in [0.1, 0.15) is 0 Å². The second-order valence-electron chi connectivity index (χ2n) is 7.03. The molecule has 1 aromatic carbocycles. The van der Waals surface area contributed by atoms with E-state index in [9.17, 15) is 0 Å². The molecule has 1 aliphatic rings. The Labute approximate surface area is 129 Å². The number of hydrazone groups is 1. The molecule has 0 saturated carbocycles. The minimum Gasteiger partial charge on any atom is -0.354 e. The number of nitrogens with zero attached hydrogens (tertiary/aromatic N) is 2. The lowest BCUT2D eigenvalue weighted by Crippen LogP contribution is -2.29. The molecule has 0 atom stereocenters. The largest absolute Gasteiger partial charge is 0.354 e. The van der Waals surface area contributed by atoms with Gasteiger partial charge in [0.15, 0.2) is 0 Å². The summed E-state index contributed by atoms with van der Waals surface area (Å²) in [7, 11) is 0. The lowest BCUT2D eigenvalue weighted by atomic mass is 9.74. The third-order valence-corrected chi connectivity index (χ3v) is 4.65. The van der Waals surface area contributed by atoms with Gasteiger partial charge in [-0.25, -0.2) is 0 Å². The van der Waals surface area contributed by atoms with Crippen molar-refractivity contribution in [1.82, 2.24) is 9.97 Å². The maximum absolute atomic E-state index is 5.71. The Kier molecular flexibility index (Phi) is 2.61. The lowest BCUT2D eigenvalue weighted by molar-refractivity contribution is 0.367. The number of benzene rings is 1. The van der Waals surface area contributed by atoms with Crippen LogP contribution in [0.5, 0.6) is 0 Å². The van der Waals surface area contributed by atoms with Gasteiger partial charge in [0.05, 0.1) is 16.9 Å². The van der Waals surface area contributed by atoms with Crippen LogP contribution in [-0.4, -0.2) is 15.7 Å². The second kappa shape index (κ2) is 4.32. The Morgan fingerprint density at radius 2 is 2.00 bits per heavy atom. The van der Waals surface area contributed by atoms with E-state index in [1.165, 1.54) is 10.8 Å². The Morgan fingerprint density at radius 3 is 2.77 bits per heavy atom. The number of aryl methyl sites for hydroxylation is 1. The van der Waals surface area contributed by atoms with Gasteiger partial charge in [0.2, 0.25) is 0 Å². The van der Waals surface area contributed by atoms with Crippen LogP contribution in [0.3, 0.4) is 0 Å². The molecule has 0 bridgehead atoms. The molecular formula is C18H20N4. The molecule has 0 radical (unpaired) electrons. The molecule has 1 aliphatic carbocycles. The molecule has 4 nitrogen and oxygen atoms in total. The summed E-state index contributed by atoms with van der Waals surface area (Å²) in [6.07, 6.45) is 1.83. The van der Waals surface area contributed by atoms with E-state index in [-0.39, 0.29) is 5.41 Å². The number of fused-ring (bicyclic) bond motifs is 5. The van der Waals surface area contributed by atoms with Gasteiger partial charge >= 0.3 is 0 Å². The quantitative estimate of drug-likeness (QED) is 0.490. The Hall–Kier alpha value is -2.36. The number of pyridine rings is 1. The molecule has 3 N–H and O–H groups in total. The average Bonchev–Trinajstić information content (AvgIpc) is 2.84. The van der Waals surface area contributed by atoms with Crippen LogP contribution in [0.1, 0.15) is 37.2 Å². The first-order valence-corrected chi connectivity index (χ1v) is 7.67. The maximum atomic E-state index is 5.71. The summed E-state index contributed by atoms with van der Waals surface area (Å²) >= 11 is 0. The highest BCUT2D eigenvalue weighted by Crippen LogP contribution is 2.39. The molecule has 0 amide bonds. The monoisotopic (exact) mass is 292 g/mol. The number of aromatic nitrogens is 2. The number of H-pyrrole nitrogens is 1. The van der Waals surface area contributed by atoms with Crippen molar-refractivity contribution in [1.29, 1.82) is 0 Å². The normalized spacial score (nSPS) is 19.0. The van der Waals surface area contributed by atoms with E-state index in [0.717, 1.165) is 46.5 Å². The molecule has 22 heavy (non-hydrogen) atoms. The third-order valence-electron chi connectivity index (χ3n) is 4.65. The van der Waals surface area contributed by atoms with Crippen LogP contribution < -0.4 is 5.84 Å². The van der Waals surface area contributed by atoms with E-state index in [4.69, 9.17) is 10.8 Å². The van der Waals surface area contributed by atoms with Gasteiger partial charge < -0.3 is 10.8 Å². The summed E-state index contributed by atoms with van der Waals surface area (Å²) in [6.45, 7) is 6.57. The molecule has 112 valence electrons. The highest BCUT2D eigenvalue weighted by atomic mass is 15.1. The number of nitrogens with two attached hydrogens (primary N) is 1. The molecule has 2 aromatic heterocycles. The SMILES string of the molecule is Cc1nc2c(c3[nH]c4ccccc4c13)C(=NN)CC(C)(C)C2. The molecule has 0 saturated heterocycles. The highest BCUT2D eigenvalue weighted by molar-refractivity contribution is 6.18. The van der Waals surface area contributed by atoms with E-state index in [2.05, 4.69) is 49.1 Å². The van der Waals surface area contributed by atoms with Crippen molar-refractivity contribution in [2.75, 3.05) is 0 Å².